The first kappa shape index (κ1) is 12.6. The summed E-state index contributed by atoms with van der Waals surface area (Å²) in [6.07, 6.45) is 6.93. The van der Waals surface area contributed by atoms with Crippen LogP contribution in [0, 0.1) is 5.92 Å². The van der Waals surface area contributed by atoms with Crippen LogP contribution in [0.3, 0.4) is 0 Å². The van der Waals surface area contributed by atoms with Gasteiger partial charge in [-0.1, -0.05) is 13.0 Å². The maximum Gasteiger partial charge on any atom is 0.246 e. The van der Waals surface area contributed by atoms with Gasteiger partial charge in [-0.25, -0.2) is 0 Å². The van der Waals surface area contributed by atoms with Crippen molar-refractivity contribution >= 4 is 5.91 Å². The number of amides is 1. The van der Waals surface area contributed by atoms with Crippen molar-refractivity contribution in [1.29, 1.82) is 0 Å². The number of likely N-dealkylation sites (tertiary alicyclic amines) is 1. The van der Waals surface area contributed by atoms with Crippen LogP contribution in [0.1, 0.15) is 39.5 Å². The van der Waals surface area contributed by atoms with Crippen LogP contribution in [-0.2, 0) is 4.79 Å². The molecule has 0 bridgehead atoms. The molecule has 0 aromatic carbocycles. The Morgan fingerprint density at radius 2 is 2.18 bits per heavy atom. The number of carbonyl (C=O) groups excluding carboxylic acids is 1. The minimum atomic E-state index is 0.108. The van der Waals surface area contributed by atoms with Gasteiger partial charge < -0.3 is 10.2 Å². The van der Waals surface area contributed by atoms with E-state index < -0.39 is 0 Å². The van der Waals surface area contributed by atoms with Crippen LogP contribution in [0.4, 0.5) is 0 Å². The third-order valence-electron chi connectivity index (χ3n) is 3.80. The number of hydrogen-bond acceptors (Lipinski definition) is 2. The van der Waals surface area contributed by atoms with Gasteiger partial charge in [0, 0.05) is 24.7 Å². The van der Waals surface area contributed by atoms with E-state index in [2.05, 4.69) is 17.1 Å². The van der Waals surface area contributed by atoms with E-state index in [0.29, 0.717) is 5.92 Å². The molecule has 1 saturated carbocycles. The molecule has 1 aliphatic carbocycles. The highest BCUT2D eigenvalue weighted by atomic mass is 16.1. The molecule has 0 spiro atoms. The van der Waals surface area contributed by atoms with E-state index in [9.17, 15) is 4.79 Å². The molecule has 1 amide bonds. The van der Waals surface area contributed by atoms with E-state index in [1.165, 1.54) is 32.4 Å². The molecule has 2 rings (SSSR count). The van der Waals surface area contributed by atoms with Gasteiger partial charge in [0.2, 0.25) is 5.91 Å². The second-order valence-corrected chi connectivity index (χ2v) is 5.39. The fourth-order valence-electron chi connectivity index (χ4n) is 2.58. The molecule has 17 heavy (non-hydrogen) atoms. The summed E-state index contributed by atoms with van der Waals surface area (Å²) in [6.45, 7) is 7.21. The first-order valence-electron chi connectivity index (χ1n) is 6.89. The molecule has 2 fully saturated rings. The number of nitrogens with zero attached hydrogens (tertiary/aromatic N) is 1. The second-order valence-electron chi connectivity index (χ2n) is 5.39. The van der Waals surface area contributed by atoms with Crippen molar-refractivity contribution in [2.24, 2.45) is 5.92 Å². The third kappa shape index (κ3) is 3.56. The molecule has 1 saturated heterocycles. The van der Waals surface area contributed by atoms with Crippen molar-refractivity contribution in [2.75, 3.05) is 19.6 Å². The molecular weight excluding hydrogens is 212 g/mol. The van der Waals surface area contributed by atoms with E-state index in [-0.39, 0.29) is 5.91 Å². The molecule has 0 unspecified atom stereocenters. The zero-order chi connectivity index (χ0) is 12.3. The quantitative estimate of drug-likeness (QED) is 0.740. The summed E-state index contributed by atoms with van der Waals surface area (Å²) in [6, 6.07) is 0.873. The van der Waals surface area contributed by atoms with Crippen molar-refractivity contribution in [3.05, 3.63) is 11.6 Å². The number of carbonyl (C=O) groups is 1. The van der Waals surface area contributed by atoms with E-state index in [4.69, 9.17) is 0 Å². The summed E-state index contributed by atoms with van der Waals surface area (Å²) < 4.78 is 0. The van der Waals surface area contributed by atoms with E-state index in [1.54, 1.807) is 0 Å². The van der Waals surface area contributed by atoms with Crippen LogP contribution < -0.4 is 5.32 Å². The monoisotopic (exact) mass is 236 g/mol. The normalized spacial score (nSPS) is 26.2. The summed E-state index contributed by atoms with van der Waals surface area (Å²) in [5, 5.41) is 3.06. The average molecular weight is 236 g/mol. The van der Waals surface area contributed by atoms with Crippen LogP contribution in [-0.4, -0.2) is 36.5 Å². The minimum Gasteiger partial charge on any atom is -0.352 e. The van der Waals surface area contributed by atoms with Gasteiger partial charge in [0.1, 0.15) is 0 Å². The molecule has 3 heteroatoms. The Hall–Kier alpha value is -0.830. The smallest absolute Gasteiger partial charge is 0.246 e. The van der Waals surface area contributed by atoms with Crippen LogP contribution in [0.5, 0.6) is 0 Å². The van der Waals surface area contributed by atoms with Gasteiger partial charge in [0.05, 0.1) is 0 Å². The summed E-state index contributed by atoms with van der Waals surface area (Å²) in [4.78, 5) is 14.3. The first-order valence-corrected chi connectivity index (χ1v) is 6.89. The van der Waals surface area contributed by atoms with Gasteiger partial charge in [0.25, 0.3) is 0 Å². The summed E-state index contributed by atoms with van der Waals surface area (Å²) in [7, 11) is 0. The average Bonchev–Trinajstić information content (AvgIpc) is 3.06. The summed E-state index contributed by atoms with van der Waals surface area (Å²) >= 11 is 0. The van der Waals surface area contributed by atoms with Gasteiger partial charge in [-0.3, -0.25) is 4.79 Å². The Kier molecular flexibility index (Phi) is 4.21. The van der Waals surface area contributed by atoms with Crippen molar-refractivity contribution in [3.63, 3.8) is 0 Å². The van der Waals surface area contributed by atoms with Crippen molar-refractivity contribution in [2.45, 2.75) is 45.6 Å². The van der Waals surface area contributed by atoms with Gasteiger partial charge in [0.15, 0.2) is 0 Å². The fraction of sp³-hybridized carbons (Fsp3) is 0.786. The summed E-state index contributed by atoms with van der Waals surface area (Å²) in [5.74, 6) is 0.769. The maximum absolute atomic E-state index is 11.7. The molecule has 1 aliphatic heterocycles. The number of rotatable bonds is 5. The highest BCUT2D eigenvalue weighted by Gasteiger charge is 2.34. The molecule has 1 heterocycles. The molecule has 3 nitrogen and oxygen atoms in total. The van der Waals surface area contributed by atoms with Gasteiger partial charge in [-0.15, -0.1) is 0 Å². The van der Waals surface area contributed by atoms with E-state index in [1.807, 2.05) is 13.0 Å². The standard InChI is InChI=1S/C14H24N2O/c1-3-4-11(2)14(17)15-9-12-7-8-16(10-12)13-5-6-13/h4,12-13H,3,5-10H2,1-2H3,(H,15,17)/b11-4-/t12-/m1/s1. The molecule has 1 N–H and O–H groups in total. The lowest BCUT2D eigenvalue weighted by atomic mass is 10.1. The first-order chi connectivity index (χ1) is 8.20. The van der Waals surface area contributed by atoms with E-state index in [0.717, 1.165) is 24.6 Å². The summed E-state index contributed by atoms with van der Waals surface area (Å²) in [5.41, 5.74) is 0.851. The van der Waals surface area contributed by atoms with Gasteiger partial charge in [-0.2, -0.15) is 0 Å². The molecular formula is C14H24N2O. The lowest BCUT2D eigenvalue weighted by Gasteiger charge is -2.15. The van der Waals surface area contributed by atoms with E-state index >= 15 is 0 Å². The number of hydrogen-bond donors (Lipinski definition) is 1. The SMILES string of the molecule is CC/C=C(/C)C(=O)NC[C@H]1CCN(C2CC2)C1. The number of nitrogens with one attached hydrogen (secondary N) is 1. The lowest BCUT2D eigenvalue weighted by Crippen LogP contribution is -2.31. The Labute approximate surface area is 104 Å². The van der Waals surface area contributed by atoms with Crippen LogP contribution in [0.25, 0.3) is 0 Å². The number of allylic oxidation sites excluding steroid dienone is 1. The lowest BCUT2D eigenvalue weighted by molar-refractivity contribution is -0.117. The Morgan fingerprint density at radius 1 is 1.41 bits per heavy atom. The molecule has 0 radical (unpaired) electrons. The predicted molar refractivity (Wildman–Crippen MR) is 69.8 cm³/mol. The topological polar surface area (TPSA) is 32.3 Å². The Morgan fingerprint density at radius 3 is 2.82 bits per heavy atom. The zero-order valence-corrected chi connectivity index (χ0v) is 11.0. The van der Waals surface area contributed by atoms with Crippen molar-refractivity contribution in [1.82, 2.24) is 10.2 Å². The van der Waals surface area contributed by atoms with Gasteiger partial charge in [-0.05, 0) is 45.1 Å². The highest BCUT2D eigenvalue weighted by molar-refractivity contribution is 5.92. The predicted octanol–water partition coefficient (Wildman–Crippen LogP) is 1.94. The van der Waals surface area contributed by atoms with Crippen molar-refractivity contribution in [3.8, 4) is 0 Å². The van der Waals surface area contributed by atoms with Gasteiger partial charge >= 0.3 is 0 Å². The molecule has 0 aromatic rings. The molecule has 96 valence electrons. The Balaban J connectivity index is 1.68. The second kappa shape index (κ2) is 5.67. The molecule has 0 aromatic heterocycles. The van der Waals surface area contributed by atoms with Crippen LogP contribution in [0.2, 0.25) is 0 Å². The molecule has 1 atom stereocenters. The van der Waals surface area contributed by atoms with Crippen LogP contribution >= 0.6 is 0 Å². The zero-order valence-electron chi connectivity index (χ0n) is 11.0. The van der Waals surface area contributed by atoms with Crippen LogP contribution in [0.15, 0.2) is 11.6 Å². The third-order valence-corrected chi connectivity index (χ3v) is 3.80. The molecule has 2 aliphatic rings. The highest BCUT2D eigenvalue weighted by Crippen LogP contribution is 2.31. The minimum absolute atomic E-state index is 0.108. The fourth-order valence-corrected chi connectivity index (χ4v) is 2.58. The maximum atomic E-state index is 11.7. The Bertz CT molecular complexity index is 307. The largest absolute Gasteiger partial charge is 0.352 e. The van der Waals surface area contributed by atoms with Crippen molar-refractivity contribution < 1.29 is 4.79 Å².